The smallest absolute Gasteiger partial charge is 0.333 e. The number of carbonyl (C=O) groups excluding carboxylic acids is 3. The molecule has 0 bridgehead atoms. The number of ether oxygens (including phenoxy) is 4. The third-order valence-electron chi connectivity index (χ3n) is 12.6. The third kappa shape index (κ3) is 3.49. The molecule has 216 valence electrons. The summed E-state index contributed by atoms with van der Waals surface area (Å²) in [5, 5.41) is 11.3. The molecule has 1 N–H and O–H groups in total. The molecule has 0 radical (unpaired) electrons. The van der Waals surface area contributed by atoms with Gasteiger partial charge in [-0.15, -0.1) is 0 Å². The van der Waals surface area contributed by atoms with E-state index in [1.807, 2.05) is 20.8 Å². The fourth-order valence-electron chi connectivity index (χ4n) is 10.5. The molecule has 6 rings (SSSR count). The van der Waals surface area contributed by atoms with E-state index in [1.54, 1.807) is 7.11 Å². The molecular formula is C31H44O8. The highest BCUT2D eigenvalue weighted by atomic mass is 16.6. The van der Waals surface area contributed by atoms with E-state index in [0.717, 1.165) is 31.3 Å². The molecule has 0 amide bonds. The van der Waals surface area contributed by atoms with Crippen LogP contribution in [-0.2, 0) is 33.3 Å². The van der Waals surface area contributed by atoms with Crippen molar-refractivity contribution in [3.63, 3.8) is 0 Å². The van der Waals surface area contributed by atoms with E-state index < -0.39 is 23.2 Å². The first-order valence-electron chi connectivity index (χ1n) is 14.8. The lowest BCUT2D eigenvalue weighted by Crippen LogP contribution is -2.68. The first-order valence-corrected chi connectivity index (χ1v) is 14.8. The Bertz CT molecular complexity index is 1130. The molecule has 39 heavy (non-hydrogen) atoms. The Morgan fingerprint density at radius 2 is 1.82 bits per heavy atom. The maximum absolute atomic E-state index is 13.8. The van der Waals surface area contributed by atoms with Crippen LogP contribution in [0, 0.1) is 40.4 Å². The maximum atomic E-state index is 13.8. The van der Waals surface area contributed by atoms with E-state index >= 15 is 0 Å². The van der Waals surface area contributed by atoms with Gasteiger partial charge in [0.1, 0.15) is 29.7 Å². The quantitative estimate of drug-likeness (QED) is 0.421. The predicted molar refractivity (Wildman–Crippen MR) is 140 cm³/mol. The predicted octanol–water partition coefficient (Wildman–Crippen LogP) is 3.77. The highest BCUT2D eigenvalue weighted by Crippen LogP contribution is 2.74. The number of hydrogen-bond acceptors (Lipinski definition) is 8. The highest BCUT2D eigenvalue weighted by molar-refractivity contribution is 5.90. The Kier molecular flexibility index (Phi) is 6.23. The number of esters is 2. The standard InChI is InChI=1S/C31H44O8/c1-14-10-21(38-28(35)15(14)2)16(3)26-22(37-17(4)32)12-20-18-11-25-31(39-25)27(34)23(36-7)13-24(33)30(31,6)19(18)8-9-29(20,26)5/h16,18-23,25-27,34H,8-13H2,1-7H3/t16-,18-,19+,20+,21-,22-,23-,25-,26+,27+,29+,30+,31+/m1/s1. The molecule has 2 heterocycles. The molecule has 8 nitrogen and oxygen atoms in total. The topological polar surface area (TPSA) is 112 Å². The van der Waals surface area contributed by atoms with Crippen molar-refractivity contribution in [3.8, 4) is 0 Å². The Morgan fingerprint density at radius 1 is 1.10 bits per heavy atom. The number of methoxy groups -OCH3 is 1. The van der Waals surface area contributed by atoms with Gasteiger partial charge in [-0.1, -0.05) is 19.4 Å². The van der Waals surface area contributed by atoms with Crippen molar-refractivity contribution in [1.29, 1.82) is 0 Å². The second-order valence-electron chi connectivity index (χ2n) is 13.9. The van der Waals surface area contributed by atoms with Crippen LogP contribution in [0.2, 0.25) is 0 Å². The van der Waals surface area contributed by atoms with Gasteiger partial charge in [0.15, 0.2) is 0 Å². The van der Waals surface area contributed by atoms with Gasteiger partial charge in [-0.2, -0.15) is 0 Å². The molecule has 1 spiro atoms. The highest BCUT2D eigenvalue weighted by Gasteiger charge is 2.82. The average Bonchev–Trinajstić information content (AvgIpc) is 3.54. The summed E-state index contributed by atoms with van der Waals surface area (Å²) in [5.41, 5.74) is -0.0363. The van der Waals surface area contributed by atoms with E-state index in [2.05, 4.69) is 13.8 Å². The van der Waals surface area contributed by atoms with Crippen molar-refractivity contribution in [2.75, 3.05) is 7.11 Å². The van der Waals surface area contributed by atoms with Crippen molar-refractivity contribution in [2.45, 2.75) is 116 Å². The van der Waals surface area contributed by atoms with Gasteiger partial charge in [0.2, 0.25) is 0 Å². The normalized spacial score (nSPS) is 51.2. The largest absolute Gasteiger partial charge is 0.462 e. The monoisotopic (exact) mass is 544 g/mol. The summed E-state index contributed by atoms with van der Waals surface area (Å²) >= 11 is 0. The molecule has 0 aromatic carbocycles. The summed E-state index contributed by atoms with van der Waals surface area (Å²) in [5.74, 6) is 0.153. The molecule has 4 saturated carbocycles. The minimum Gasteiger partial charge on any atom is -0.462 e. The lowest BCUT2D eigenvalue weighted by Gasteiger charge is -2.59. The van der Waals surface area contributed by atoms with Crippen LogP contribution in [0.5, 0.6) is 0 Å². The average molecular weight is 545 g/mol. The van der Waals surface area contributed by atoms with Gasteiger partial charge in [-0.3, -0.25) is 9.59 Å². The summed E-state index contributed by atoms with van der Waals surface area (Å²) in [4.78, 5) is 38.7. The second-order valence-corrected chi connectivity index (χ2v) is 13.9. The minimum atomic E-state index is -0.865. The Balaban J connectivity index is 1.34. The number of fused-ring (bicyclic) bond motifs is 4. The van der Waals surface area contributed by atoms with Gasteiger partial charge < -0.3 is 24.1 Å². The zero-order valence-electron chi connectivity index (χ0n) is 24.3. The number of carbonyl (C=O) groups is 3. The molecule has 8 heteroatoms. The van der Waals surface area contributed by atoms with Crippen LogP contribution in [0.3, 0.4) is 0 Å². The molecule has 5 fully saturated rings. The molecule has 2 aliphatic heterocycles. The van der Waals surface area contributed by atoms with Gasteiger partial charge >= 0.3 is 11.9 Å². The van der Waals surface area contributed by atoms with E-state index in [-0.39, 0.29) is 77.5 Å². The number of rotatable bonds is 4. The van der Waals surface area contributed by atoms with Crippen LogP contribution in [0.4, 0.5) is 0 Å². The maximum Gasteiger partial charge on any atom is 0.333 e. The molecule has 0 aromatic rings. The summed E-state index contributed by atoms with van der Waals surface area (Å²) in [6.45, 7) is 11.8. The summed E-state index contributed by atoms with van der Waals surface area (Å²) in [6.07, 6.45) is 2.06. The second kappa shape index (κ2) is 8.86. The minimum absolute atomic E-state index is 0.00365. The zero-order valence-corrected chi connectivity index (χ0v) is 24.3. The van der Waals surface area contributed by atoms with Crippen LogP contribution in [0.15, 0.2) is 11.1 Å². The SMILES string of the molecule is CO[C@@H]1CC(=O)[C@]2(C)[C@H]3CC[C@]4(C)[C@@H]([C@H](C)[C@H]5CC(C)=C(C)C(=O)O5)[C@H](OC(C)=O)C[C@H]4[C@@H]3C[C@H]3O[C@]32[C@H]1O. The van der Waals surface area contributed by atoms with Crippen LogP contribution in [-0.4, -0.2) is 66.1 Å². The van der Waals surface area contributed by atoms with Crippen molar-refractivity contribution in [3.05, 3.63) is 11.1 Å². The summed E-state index contributed by atoms with van der Waals surface area (Å²) in [7, 11) is 1.55. The fourth-order valence-corrected chi connectivity index (χ4v) is 10.5. The molecule has 13 atom stereocenters. The number of ketones is 1. The number of hydrogen-bond donors (Lipinski definition) is 1. The van der Waals surface area contributed by atoms with Gasteiger partial charge in [-0.25, -0.2) is 4.79 Å². The van der Waals surface area contributed by atoms with E-state index in [0.29, 0.717) is 12.0 Å². The number of Topliss-reactive ketones (excluding diaryl/α,β-unsaturated/α-hetero) is 1. The number of epoxide rings is 1. The van der Waals surface area contributed by atoms with Gasteiger partial charge in [0.25, 0.3) is 0 Å². The molecule has 0 aromatic heterocycles. The number of aliphatic hydroxyl groups excluding tert-OH is 1. The van der Waals surface area contributed by atoms with Crippen LogP contribution in [0.25, 0.3) is 0 Å². The lowest BCUT2D eigenvalue weighted by atomic mass is 9.43. The molecular weight excluding hydrogens is 500 g/mol. The summed E-state index contributed by atoms with van der Waals surface area (Å²) < 4.78 is 23.8. The first-order chi connectivity index (χ1) is 18.3. The lowest BCUT2D eigenvalue weighted by molar-refractivity contribution is -0.184. The van der Waals surface area contributed by atoms with Crippen molar-refractivity contribution in [1.82, 2.24) is 0 Å². The third-order valence-corrected chi connectivity index (χ3v) is 12.6. The van der Waals surface area contributed by atoms with Crippen molar-refractivity contribution in [2.24, 2.45) is 40.4 Å². The van der Waals surface area contributed by atoms with E-state index in [9.17, 15) is 19.5 Å². The Morgan fingerprint density at radius 3 is 2.46 bits per heavy atom. The fraction of sp³-hybridized carbons (Fsp3) is 0.839. The Hall–Kier alpha value is -1.77. The Labute approximate surface area is 231 Å². The molecule has 0 unspecified atom stereocenters. The zero-order chi connectivity index (χ0) is 28.2. The molecule has 1 saturated heterocycles. The number of aliphatic hydroxyl groups is 1. The van der Waals surface area contributed by atoms with Gasteiger partial charge in [0.05, 0.1) is 17.6 Å². The molecule has 6 aliphatic rings. The molecule has 4 aliphatic carbocycles. The van der Waals surface area contributed by atoms with Crippen molar-refractivity contribution < 1.29 is 38.4 Å². The van der Waals surface area contributed by atoms with Crippen LogP contribution < -0.4 is 0 Å². The number of cyclic esters (lactones) is 1. The van der Waals surface area contributed by atoms with Gasteiger partial charge in [0, 0.05) is 44.3 Å². The van der Waals surface area contributed by atoms with Crippen LogP contribution >= 0.6 is 0 Å². The van der Waals surface area contributed by atoms with Crippen LogP contribution in [0.1, 0.15) is 80.1 Å². The van der Waals surface area contributed by atoms with E-state index in [1.165, 1.54) is 6.92 Å². The van der Waals surface area contributed by atoms with Gasteiger partial charge in [-0.05, 0) is 69.6 Å². The van der Waals surface area contributed by atoms with E-state index in [4.69, 9.17) is 18.9 Å². The first kappa shape index (κ1) is 27.4. The van der Waals surface area contributed by atoms with Crippen molar-refractivity contribution >= 4 is 17.7 Å². The summed E-state index contributed by atoms with van der Waals surface area (Å²) in [6, 6.07) is 0.